The molecule has 1 amide bonds. The van der Waals surface area contributed by atoms with Crippen molar-refractivity contribution in [2.75, 3.05) is 27.2 Å². The summed E-state index contributed by atoms with van der Waals surface area (Å²) in [6.45, 7) is 7.20. The Balaban J connectivity index is 1.77. The molecule has 1 aliphatic heterocycles. The van der Waals surface area contributed by atoms with E-state index in [1.807, 2.05) is 25.7 Å². The van der Waals surface area contributed by atoms with E-state index in [0.717, 1.165) is 51.6 Å². The molecule has 6 nitrogen and oxygen atoms in total. The van der Waals surface area contributed by atoms with E-state index in [2.05, 4.69) is 11.9 Å². The van der Waals surface area contributed by atoms with Crippen LogP contribution in [0.1, 0.15) is 59.3 Å². The number of hydrogen-bond donors (Lipinski definition) is 0. The molecule has 2 aliphatic rings. The van der Waals surface area contributed by atoms with Gasteiger partial charge in [0.05, 0.1) is 13.0 Å². The quantitative estimate of drug-likeness (QED) is 0.729. The zero-order valence-electron chi connectivity index (χ0n) is 16.4. The van der Waals surface area contributed by atoms with Crippen LogP contribution in [0.4, 0.5) is 4.79 Å². The van der Waals surface area contributed by atoms with Gasteiger partial charge in [0.15, 0.2) is 0 Å². The van der Waals surface area contributed by atoms with Crippen molar-refractivity contribution in [1.82, 2.24) is 9.80 Å². The van der Waals surface area contributed by atoms with E-state index >= 15 is 0 Å². The number of methoxy groups -OCH3 is 1. The molecular formula is C19H34N2O4. The normalized spacial score (nSPS) is 25.8. The molecule has 0 N–H and O–H groups in total. The smallest absolute Gasteiger partial charge is 0.410 e. The fraction of sp³-hybridized carbons (Fsp3) is 0.895. The topological polar surface area (TPSA) is 59.1 Å². The number of nitrogens with zero attached hydrogens (tertiary/aromatic N) is 2. The second-order valence-corrected chi connectivity index (χ2v) is 8.39. The number of esters is 1. The highest BCUT2D eigenvalue weighted by molar-refractivity contribution is 5.72. The molecule has 1 saturated heterocycles. The predicted octanol–water partition coefficient (Wildman–Crippen LogP) is 3.05. The van der Waals surface area contributed by atoms with E-state index < -0.39 is 5.60 Å². The van der Waals surface area contributed by atoms with Crippen LogP contribution >= 0.6 is 0 Å². The summed E-state index contributed by atoms with van der Waals surface area (Å²) in [4.78, 5) is 28.1. The van der Waals surface area contributed by atoms with Crippen molar-refractivity contribution in [3.63, 3.8) is 0 Å². The molecule has 1 aliphatic carbocycles. The average Bonchev–Trinajstić information content (AvgIpc) is 2.59. The van der Waals surface area contributed by atoms with Crippen molar-refractivity contribution in [3.05, 3.63) is 0 Å². The minimum atomic E-state index is -0.441. The van der Waals surface area contributed by atoms with Crippen molar-refractivity contribution in [1.29, 1.82) is 0 Å². The van der Waals surface area contributed by atoms with Crippen LogP contribution in [-0.4, -0.2) is 66.8 Å². The van der Waals surface area contributed by atoms with Gasteiger partial charge in [-0.15, -0.1) is 0 Å². The van der Waals surface area contributed by atoms with Crippen LogP contribution in [0.3, 0.4) is 0 Å². The standard InChI is InChI=1S/C19H34N2O4/c1-19(2,3)25-18(23)21-12-10-16(11-13-21)20(4)15-8-6-14(7-9-15)17(22)24-5/h14-16H,6-13H2,1-5H3. The van der Waals surface area contributed by atoms with Crippen LogP contribution in [0.5, 0.6) is 0 Å². The first kappa shape index (κ1) is 20.0. The van der Waals surface area contributed by atoms with Crippen LogP contribution in [0.15, 0.2) is 0 Å². The summed E-state index contributed by atoms with van der Waals surface area (Å²) >= 11 is 0. The summed E-state index contributed by atoms with van der Waals surface area (Å²) in [6.07, 6.45) is 5.67. The lowest BCUT2D eigenvalue weighted by atomic mass is 9.84. The number of carbonyl (C=O) groups is 2. The highest BCUT2D eigenvalue weighted by Crippen LogP contribution is 2.30. The number of hydrogen-bond acceptors (Lipinski definition) is 5. The van der Waals surface area contributed by atoms with Crippen LogP contribution in [0, 0.1) is 5.92 Å². The second kappa shape index (κ2) is 8.39. The first-order valence-electron chi connectivity index (χ1n) is 9.49. The summed E-state index contributed by atoms with van der Waals surface area (Å²) < 4.78 is 10.3. The van der Waals surface area contributed by atoms with Crippen molar-refractivity contribution < 1.29 is 19.1 Å². The lowest BCUT2D eigenvalue weighted by molar-refractivity contribution is -0.147. The van der Waals surface area contributed by atoms with Gasteiger partial charge in [-0.25, -0.2) is 4.79 Å². The number of rotatable bonds is 3. The minimum Gasteiger partial charge on any atom is -0.469 e. The number of ether oxygens (including phenoxy) is 2. The second-order valence-electron chi connectivity index (χ2n) is 8.39. The molecule has 1 heterocycles. The third kappa shape index (κ3) is 5.59. The van der Waals surface area contributed by atoms with Crippen molar-refractivity contribution in [2.45, 2.75) is 77.0 Å². The largest absolute Gasteiger partial charge is 0.469 e. The van der Waals surface area contributed by atoms with E-state index in [1.54, 1.807) is 0 Å². The molecule has 0 radical (unpaired) electrons. The molecule has 0 unspecified atom stereocenters. The molecule has 0 atom stereocenters. The molecule has 25 heavy (non-hydrogen) atoms. The Bertz CT molecular complexity index is 459. The van der Waals surface area contributed by atoms with E-state index in [-0.39, 0.29) is 18.0 Å². The number of likely N-dealkylation sites (tertiary alicyclic amines) is 1. The Morgan fingerprint density at radius 2 is 1.48 bits per heavy atom. The molecule has 6 heteroatoms. The van der Waals surface area contributed by atoms with Crippen LogP contribution in [0.25, 0.3) is 0 Å². The fourth-order valence-electron chi connectivity index (χ4n) is 3.97. The predicted molar refractivity (Wildman–Crippen MR) is 96.4 cm³/mol. The van der Waals surface area contributed by atoms with Gasteiger partial charge in [-0.1, -0.05) is 0 Å². The summed E-state index contributed by atoms with van der Waals surface area (Å²) in [6, 6.07) is 1.03. The van der Waals surface area contributed by atoms with Crippen LogP contribution in [0.2, 0.25) is 0 Å². The lowest BCUT2D eigenvalue weighted by Crippen LogP contribution is -2.50. The van der Waals surface area contributed by atoms with Gasteiger partial charge < -0.3 is 19.3 Å². The minimum absolute atomic E-state index is 0.0632. The van der Waals surface area contributed by atoms with Gasteiger partial charge >= 0.3 is 12.1 Å². The lowest BCUT2D eigenvalue weighted by Gasteiger charge is -2.42. The van der Waals surface area contributed by atoms with Gasteiger partial charge in [-0.2, -0.15) is 0 Å². The van der Waals surface area contributed by atoms with Gasteiger partial charge in [0.25, 0.3) is 0 Å². The molecule has 1 saturated carbocycles. The van der Waals surface area contributed by atoms with E-state index in [1.165, 1.54) is 7.11 Å². The summed E-state index contributed by atoms with van der Waals surface area (Å²) in [5, 5.41) is 0. The molecule has 0 aromatic rings. The zero-order valence-corrected chi connectivity index (χ0v) is 16.4. The van der Waals surface area contributed by atoms with Crippen molar-refractivity contribution in [3.8, 4) is 0 Å². The highest BCUT2D eigenvalue weighted by atomic mass is 16.6. The third-order valence-corrected chi connectivity index (χ3v) is 5.50. The maximum absolute atomic E-state index is 12.2. The monoisotopic (exact) mass is 354 g/mol. The van der Waals surface area contributed by atoms with Crippen molar-refractivity contribution >= 4 is 12.1 Å². The first-order chi connectivity index (χ1) is 11.7. The first-order valence-corrected chi connectivity index (χ1v) is 9.49. The molecule has 0 bridgehead atoms. The number of amides is 1. The van der Waals surface area contributed by atoms with E-state index in [4.69, 9.17) is 9.47 Å². The van der Waals surface area contributed by atoms with Gasteiger partial charge in [0.2, 0.25) is 0 Å². The van der Waals surface area contributed by atoms with Gasteiger partial charge in [0.1, 0.15) is 5.60 Å². The highest BCUT2D eigenvalue weighted by Gasteiger charge is 2.34. The third-order valence-electron chi connectivity index (χ3n) is 5.50. The van der Waals surface area contributed by atoms with Gasteiger partial charge in [-0.05, 0) is 66.3 Å². The summed E-state index contributed by atoms with van der Waals surface area (Å²) in [5.41, 5.74) is -0.441. The zero-order chi connectivity index (χ0) is 18.6. The Hall–Kier alpha value is -1.30. The Morgan fingerprint density at radius 1 is 0.960 bits per heavy atom. The van der Waals surface area contributed by atoms with E-state index in [9.17, 15) is 9.59 Å². The Morgan fingerprint density at radius 3 is 1.96 bits per heavy atom. The molecule has 2 rings (SSSR count). The maximum Gasteiger partial charge on any atom is 0.410 e. The molecule has 0 spiro atoms. The average molecular weight is 354 g/mol. The molecule has 0 aromatic carbocycles. The molecular weight excluding hydrogens is 320 g/mol. The molecule has 0 aromatic heterocycles. The molecule has 144 valence electrons. The van der Waals surface area contributed by atoms with Crippen molar-refractivity contribution in [2.24, 2.45) is 5.92 Å². The van der Waals surface area contributed by atoms with Gasteiger partial charge in [0, 0.05) is 25.2 Å². The van der Waals surface area contributed by atoms with Crippen LogP contribution < -0.4 is 0 Å². The van der Waals surface area contributed by atoms with Gasteiger partial charge in [-0.3, -0.25) is 4.79 Å². The summed E-state index contributed by atoms with van der Waals surface area (Å²) in [5.74, 6) is 0.00966. The maximum atomic E-state index is 12.2. The Kier molecular flexibility index (Phi) is 6.72. The SMILES string of the molecule is COC(=O)C1CCC(N(C)C2CCN(C(=O)OC(C)(C)C)CC2)CC1. The fourth-order valence-corrected chi connectivity index (χ4v) is 3.97. The number of piperidine rings is 1. The summed E-state index contributed by atoms with van der Waals surface area (Å²) in [7, 11) is 3.66. The van der Waals surface area contributed by atoms with Crippen LogP contribution in [-0.2, 0) is 14.3 Å². The molecule has 2 fully saturated rings. The van der Waals surface area contributed by atoms with E-state index in [0.29, 0.717) is 12.1 Å². The Labute approximate surface area is 151 Å². The number of carbonyl (C=O) groups excluding carboxylic acids is 2.